The van der Waals surface area contributed by atoms with Crippen LogP contribution in [0.3, 0.4) is 0 Å². The summed E-state index contributed by atoms with van der Waals surface area (Å²) < 4.78 is 0. The molecule has 2 aromatic rings. The smallest absolute Gasteiger partial charge is 0.277 e. The van der Waals surface area contributed by atoms with Gasteiger partial charge in [-0.1, -0.05) is 24.3 Å². The summed E-state index contributed by atoms with van der Waals surface area (Å²) in [5, 5.41) is 3.11. The summed E-state index contributed by atoms with van der Waals surface area (Å²) in [5.74, 6) is 1.12. The fourth-order valence-corrected chi connectivity index (χ4v) is 2.94. The van der Waals surface area contributed by atoms with Crippen LogP contribution in [0, 0.1) is 6.92 Å². The topological polar surface area (TPSA) is 58.1 Å². The molecular weight excluding hydrogens is 288 g/mol. The van der Waals surface area contributed by atoms with Crippen LogP contribution in [0.5, 0.6) is 0 Å². The molecule has 1 amide bonds. The molecule has 1 aromatic carbocycles. The number of carbonyl (C=O) groups excluding carboxylic acids is 1. The molecule has 3 rings (SSSR count). The van der Waals surface area contributed by atoms with E-state index < -0.39 is 0 Å². The van der Waals surface area contributed by atoms with Crippen molar-refractivity contribution in [3.8, 4) is 0 Å². The van der Waals surface area contributed by atoms with Crippen molar-refractivity contribution in [2.24, 2.45) is 0 Å². The molecule has 1 aromatic heterocycles. The molecule has 23 heavy (non-hydrogen) atoms. The van der Waals surface area contributed by atoms with E-state index in [1.165, 1.54) is 5.56 Å². The number of hydrogen-bond donors (Lipinski definition) is 1. The summed E-state index contributed by atoms with van der Waals surface area (Å²) in [6.07, 6.45) is 2.62. The molecule has 1 unspecified atom stereocenters. The predicted molar refractivity (Wildman–Crippen MR) is 91.9 cm³/mol. The standard InChI is InChI=1S/C18H20N4O/c1-4-9-19-17-11-15(20-13(3)21-17)18(23)22-12(2)10-14-7-5-6-8-16(14)22/h4-8,11-12H,1,9-10H2,2-3H3,(H,19,20,21). The molecule has 0 bridgehead atoms. The third-order valence-corrected chi connectivity index (χ3v) is 3.91. The van der Waals surface area contributed by atoms with E-state index in [9.17, 15) is 4.79 Å². The summed E-state index contributed by atoms with van der Waals surface area (Å²) in [5.41, 5.74) is 2.58. The molecule has 1 atom stereocenters. The molecule has 0 aliphatic carbocycles. The molecular formula is C18H20N4O. The first kappa shape index (κ1) is 15.2. The number of nitrogens with one attached hydrogen (secondary N) is 1. The molecule has 1 N–H and O–H groups in total. The van der Waals surface area contributed by atoms with E-state index in [4.69, 9.17) is 0 Å². The van der Waals surface area contributed by atoms with Crippen molar-refractivity contribution in [1.82, 2.24) is 9.97 Å². The summed E-state index contributed by atoms with van der Waals surface area (Å²) in [6, 6.07) is 9.85. The highest BCUT2D eigenvalue weighted by molar-refractivity contribution is 6.06. The number of carbonyl (C=O) groups is 1. The lowest BCUT2D eigenvalue weighted by Gasteiger charge is -2.22. The number of fused-ring (bicyclic) bond motifs is 1. The van der Waals surface area contributed by atoms with Gasteiger partial charge in [-0.05, 0) is 31.9 Å². The highest BCUT2D eigenvalue weighted by Crippen LogP contribution is 2.32. The SMILES string of the molecule is C=CCNc1cc(C(=O)N2c3ccccc3CC2C)nc(C)n1. The first-order valence-electron chi connectivity index (χ1n) is 7.72. The molecule has 118 valence electrons. The average molecular weight is 308 g/mol. The molecule has 1 aliphatic rings. The lowest BCUT2D eigenvalue weighted by molar-refractivity contribution is 0.0976. The minimum absolute atomic E-state index is 0.0883. The molecule has 2 heterocycles. The maximum Gasteiger partial charge on any atom is 0.277 e. The van der Waals surface area contributed by atoms with Gasteiger partial charge in [0, 0.05) is 24.3 Å². The Kier molecular flexibility index (Phi) is 4.10. The monoisotopic (exact) mass is 308 g/mol. The summed E-state index contributed by atoms with van der Waals surface area (Å²) in [6.45, 7) is 8.11. The zero-order valence-electron chi connectivity index (χ0n) is 13.4. The quantitative estimate of drug-likeness (QED) is 0.882. The fraction of sp³-hybridized carbons (Fsp3) is 0.278. The molecule has 0 saturated carbocycles. The molecule has 1 aliphatic heterocycles. The number of amides is 1. The van der Waals surface area contributed by atoms with E-state index in [2.05, 4.69) is 34.9 Å². The Bertz CT molecular complexity index is 756. The van der Waals surface area contributed by atoms with Gasteiger partial charge < -0.3 is 10.2 Å². The minimum Gasteiger partial charge on any atom is -0.366 e. The van der Waals surface area contributed by atoms with Crippen molar-refractivity contribution in [2.45, 2.75) is 26.3 Å². The second-order valence-electron chi connectivity index (χ2n) is 5.71. The van der Waals surface area contributed by atoms with Crippen LogP contribution in [-0.2, 0) is 6.42 Å². The van der Waals surface area contributed by atoms with Gasteiger partial charge in [0.2, 0.25) is 0 Å². The first-order chi connectivity index (χ1) is 11.1. The second-order valence-corrected chi connectivity index (χ2v) is 5.71. The van der Waals surface area contributed by atoms with Crippen LogP contribution >= 0.6 is 0 Å². The maximum atomic E-state index is 13.0. The van der Waals surface area contributed by atoms with Crippen LogP contribution in [0.4, 0.5) is 11.5 Å². The number of anilines is 2. The number of aryl methyl sites for hydroxylation is 1. The normalized spacial score (nSPS) is 16.1. The molecule has 0 fully saturated rings. The molecule has 0 spiro atoms. The molecule has 0 saturated heterocycles. The van der Waals surface area contributed by atoms with Gasteiger partial charge in [0.05, 0.1) is 0 Å². The van der Waals surface area contributed by atoms with E-state index in [0.717, 1.165) is 12.1 Å². The van der Waals surface area contributed by atoms with Crippen molar-refractivity contribution in [1.29, 1.82) is 0 Å². The fourth-order valence-electron chi connectivity index (χ4n) is 2.94. The Morgan fingerprint density at radius 1 is 1.43 bits per heavy atom. The number of benzene rings is 1. The Hall–Kier alpha value is -2.69. The van der Waals surface area contributed by atoms with Crippen LogP contribution < -0.4 is 10.2 Å². The van der Waals surface area contributed by atoms with Gasteiger partial charge in [0.1, 0.15) is 17.3 Å². The zero-order chi connectivity index (χ0) is 16.4. The van der Waals surface area contributed by atoms with Gasteiger partial charge in [-0.25, -0.2) is 9.97 Å². The first-order valence-corrected chi connectivity index (χ1v) is 7.72. The number of aromatic nitrogens is 2. The summed E-state index contributed by atoms with van der Waals surface area (Å²) in [4.78, 5) is 23.4. The van der Waals surface area contributed by atoms with Crippen LogP contribution in [0.25, 0.3) is 0 Å². The number of para-hydroxylation sites is 1. The molecule has 5 nitrogen and oxygen atoms in total. The Morgan fingerprint density at radius 2 is 2.22 bits per heavy atom. The van der Waals surface area contributed by atoms with E-state index >= 15 is 0 Å². The van der Waals surface area contributed by atoms with Crippen molar-refractivity contribution in [2.75, 3.05) is 16.8 Å². The van der Waals surface area contributed by atoms with Crippen molar-refractivity contribution >= 4 is 17.4 Å². The number of rotatable bonds is 4. The lowest BCUT2D eigenvalue weighted by Crippen LogP contribution is -2.36. The second kappa shape index (κ2) is 6.20. The van der Waals surface area contributed by atoms with Crippen LogP contribution in [-0.4, -0.2) is 28.5 Å². The van der Waals surface area contributed by atoms with Gasteiger partial charge >= 0.3 is 0 Å². The Morgan fingerprint density at radius 3 is 3.00 bits per heavy atom. The molecule has 5 heteroatoms. The number of nitrogens with zero attached hydrogens (tertiary/aromatic N) is 3. The lowest BCUT2D eigenvalue weighted by atomic mass is 10.1. The Labute approximate surface area is 136 Å². The third kappa shape index (κ3) is 2.95. The minimum atomic E-state index is -0.0883. The highest BCUT2D eigenvalue weighted by Gasteiger charge is 2.32. The summed E-state index contributed by atoms with van der Waals surface area (Å²) >= 11 is 0. The van der Waals surface area contributed by atoms with Gasteiger partial charge in [0.15, 0.2) is 0 Å². The third-order valence-electron chi connectivity index (χ3n) is 3.91. The van der Waals surface area contributed by atoms with Crippen molar-refractivity contribution in [3.63, 3.8) is 0 Å². The van der Waals surface area contributed by atoms with Crippen LogP contribution in [0.1, 0.15) is 28.8 Å². The Balaban J connectivity index is 1.94. The van der Waals surface area contributed by atoms with E-state index in [1.807, 2.05) is 23.1 Å². The van der Waals surface area contributed by atoms with Crippen molar-refractivity contribution < 1.29 is 4.79 Å². The van der Waals surface area contributed by atoms with E-state index in [-0.39, 0.29) is 11.9 Å². The largest absolute Gasteiger partial charge is 0.366 e. The van der Waals surface area contributed by atoms with Gasteiger partial charge in [0.25, 0.3) is 5.91 Å². The van der Waals surface area contributed by atoms with Crippen molar-refractivity contribution in [3.05, 3.63) is 60.1 Å². The van der Waals surface area contributed by atoms with E-state index in [0.29, 0.717) is 23.9 Å². The van der Waals surface area contributed by atoms with Crippen LogP contribution in [0.15, 0.2) is 43.0 Å². The predicted octanol–water partition coefficient (Wildman–Crippen LogP) is 2.97. The van der Waals surface area contributed by atoms with Gasteiger partial charge in [-0.15, -0.1) is 6.58 Å². The van der Waals surface area contributed by atoms with Gasteiger partial charge in [-0.3, -0.25) is 4.79 Å². The summed E-state index contributed by atoms with van der Waals surface area (Å²) in [7, 11) is 0. The van der Waals surface area contributed by atoms with Gasteiger partial charge in [-0.2, -0.15) is 0 Å². The van der Waals surface area contributed by atoms with E-state index in [1.54, 1.807) is 19.1 Å². The number of hydrogen-bond acceptors (Lipinski definition) is 4. The zero-order valence-corrected chi connectivity index (χ0v) is 13.4. The average Bonchev–Trinajstić information content (AvgIpc) is 2.87. The highest BCUT2D eigenvalue weighted by atomic mass is 16.2. The maximum absolute atomic E-state index is 13.0. The van der Waals surface area contributed by atoms with Crippen LogP contribution in [0.2, 0.25) is 0 Å². The molecule has 0 radical (unpaired) electrons.